The van der Waals surface area contributed by atoms with Gasteiger partial charge in [0.25, 0.3) is 5.69 Å². The largest absolute Gasteiger partial charge is 0.379 e. The van der Waals surface area contributed by atoms with E-state index >= 15 is 0 Å². The Labute approximate surface area is 113 Å². The second-order valence-corrected chi connectivity index (χ2v) is 4.61. The van der Waals surface area contributed by atoms with Crippen molar-refractivity contribution in [3.63, 3.8) is 0 Å². The van der Waals surface area contributed by atoms with Crippen LogP contribution in [0.2, 0.25) is 0 Å². The van der Waals surface area contributed by atoms with Gasteiger partial charge in [0.15, 0.2) is 0 Å². The first-order chi connectivity index (χ1) is 9.00. The Morgan fingerprint density at radius 2 is 2.16 bits per heavy atom. The minimum Gasteiger partial charge on any atom is -0.379 e. The topological polar surface area (TPSA) is 77.3 Å². The fourth-order valence-electron chi connectivity index (χ4n) is 1.61. The van der Waals surface area contributed by atoms with Crippen LogP contribution in [0, 0.1) is 17.0 Å². The molecule has 0 spiro atoms. The number of hydrogen-bond acceptors (Lipinski definition) is 5. The lowest BCUT2D eigenvalue weighted by Crippen LogP contribution is -2.08. The minimum atomic E-state index is -0.421. The van der Waals surface area contributed by atoms with Crippen molar-refractivity contribution in [3.05, 3.63) is 27.9 Å². The van der Waals surface area contributed by atoms with E-state index in [0.717, 1.165) is 26.0 Å². The zero-order valence-electron chi connectivity index (χ0n) is 11.7. The number of pyridine rings is 1. The Morgan fingerprint density at radius 3 is 2.74 bits per heavy atom. The molecule has 0 aliphatic carbocycles. The summed E-state index contributed by atoms with van der Waals surface area (Å²) in [6.07, 6.45) is 2.23. The van der Waals surface area contributed by atoms with Gasteiger partial charge in [-0.05, 0) is 39.7 Å². The minimum absolute atomic E-state index is 0.0517. The molecule has 6 nitrogen and oxygen atoms in total. The Kier molecular flexibility index (Phi) is 6.21. The molecule has 106 valence electrons. The maximum atomic E-state index is 10.7. The highest BCUT2D eigenvalue weighted by atomic mass is 16.6. The van der Waals surface area contributed by atoms with Crippen LogP contribution >= 0.6 is 0 Å². The van der Waals surface area contributed by atoms with Gasteiger partial charge >= 0.3 is 0 Å². The molecule has 0 radical (unpaired) electrons. The number of ether oxygens (including phenoxy) is 1. The predicted molar refractivity (Wildman–Crippen MR) is 74.4 cm³/mol. The summed E-state index contributed by atoms with van der Waals surface area (Å²) >= 11 is 0. The quantitative estimate of drug-likeness (QED) is 0.445. The molecule has 0 saturated heterocycles. The monoisotopic (exact) mass is 267 g/mol. The molecular formula is C13H21N3O3. The molecule has 0 unspecified atom stereocenters. The lowest BCUT2D eigenvalue weighted by molar-refractivity contribution is -0.385. The molecular weight excluding hydrogens is 246 g/mol. The van der Waals surface area contributed by atoms with Crippen LogP contribution in [0.3, 0.4) is 0 Å². The molecule has 0 aromatic carbocycles. The van der Waals surface area contributed by atoms with Crippen LogP contribution in [0.15, 0.2) is 12.1 Å². The van der Waals surface area contributed by atoms with Gasteiger partial charge in [0, 0.05) is 19.2 Å². The molecule has 1 rings (SSSR count). The number of hydrogen-bond donors (Lipinski definition) is 1. The third kappa shape index (κ3) is 5.65. The lowest BCUT2D eigenvalue weighted by atomic mass is 10.3. The Balaban J connectivity index is 2.30. The van der Waals surface area contributed by atoms with E-state index in [1.165, 1.54) is 6.07 Å². The molecule has 6 heteroatoms. The summed E-state index contributed by atoms with van der Waals surface area (Å²) in [7, 11) is 0. The summed E-state index contributed by atoms with van der Waals surface area (Å²) in [4.78, 5) is 14.4. The molecule has 0 bridgehead atoms. The molecule has 1 aromatic rings. The van der Waals surface area contributed by atoms with Gasteiger partial charge < -0.3 is 10.1 Å². The number of rotatable bonds is 8. The van der Waals surface area contributed by atoms with Crippen LogP contribution in [0.1, 0.15) is 32.4 Å². The van der Waals surface area contributed by atoms with Crippen molar-refractivity contribution in [2.75, 3.05) is 18.5 Å². The summed E-state index contributed by atoms with van der Waals surface area (Å²) in [5, 5.41) is 13.8. The van der Waals surface area contributed by atoms with Gasteiger partial charge in [0.1, 0.15) is 11.5 Å². The molecule has 1 aromatic heterocycles. The first kappa shape index (κ1) is 15.4. The molecule has 0 atom stereocenters. The third-order valence-electron chi connectivity index (χ3n) is 2.58. The normalized spacial score (nSPS) is 10.7. The average molecular weight is 267 g/mol. The predicted octanol–water partition coefficient (Wildman–Crippen LogP) is 2.92. The van der Waals surface area contributed by atoms with Crippen molar-refractivity contribution in [1.82, 2.24) is 4.98 Å². The number of aryl methyl sites for hydroxylation is 1. The zero-order chi connectivity index (χ0) is 14.3. The maximum absolute atomic E-state index is 10.7. The fourth-order valence-corrected chi connectivity index (χ4v) is 1.61. The first-order valence-electron chi connectivity index (χ1n) is 6.48. The van der Waals surface area contributed by atoms with Crippen molar-refractivity contribution >= 4 is 11.5 Å². The van der Waals surface area contributed by atoms with Gasteiger partial charge in [-0.15, -0.1) is 0 Å². The number of aromatic nitrogens is 1. The van der Waals surface area contributed by atoms with Crippen molar-refractivity contribution in [3.8, 4) is 0 Å². The summed E-state index contributed by atoms with van der Waals surface area (Å²) < 4.78 is 5.44. The van der Waals surface area contributed by atoms with Crippen LogP contribution in [0.25, 0.3) is 0 Å². The first-order valence-corrected chi connectivity index (χ1v) is 6.48. The summed E-state index contributed by atoms with van der Waals surface area (Å²) in [5.74, 6) is 0.674. The molecule has 19 heavy (non-hydrogen) atoms. The molecule has 0 fully saturated rings. The van der Waals surface area contributed by atoms with E-state index < -0.39 is 4.92 Å². The molecule has 0 saturated carbocycles. The Morgan fingerprint density at radius 1 is 1.42 bits per heavy atom. The van der Waals surface area contributed by atoms with Crippen molar-refractivity contribution in [1.29, 1.82) is 0 Å². The van der Waals surface area contributed by atoms with Gasteiger partial charge in [-0.2, -0.15) is 0 Å². The number of unbranched alkanes of at least 4 members (excludes halogenated alkanes) is 1. The van der Waals surface area contributed by atoms with Crippen LogP contribution in [0.5, 0.6) is 0 Å². The molecule has 1 N–H and O–H groups in total. The highest BCUT2D eigenvalue weighted by Gasteiger charge is 2.11. The number of anilines is 1. The maximum Gasteiger partial charge on any atom is 0.290 e. The van der Waals surface area contributed by atoms with Crippen molar-refractivity contribution < 1.29 is 9.66 Å². The van der Waals surface area contributed by atoms with Crippen LogP contribution in [-0.2, 0) is 4.74 Å². The third-order valence-corrected chi connectivity index (χ3v) is 2.58. The van der Waals surface area contributed by atoms with Gasteiger partial charge in [0.05, 0.1) is 11.0 Å². The number of nitrogens with zero attached hydrogens (tertiary/aromatic N) is 2. The molecule has 0 aliphatic heterocycles. The van der Waals surface area contributed by atoms with E-state index in [9.17, 15) is 10.1 Å². The van der Waals surface area contributed by atoms with E-state index in [4.69, 9.17) is 4.74 Å². The van der Waals surface area contributed by atoms with Crippen LogP contribution in [0.4, 0.5) is 11.5 Å². The van der Waals surface area contributed by atoms with Crippen molar-refractivity contribution in [2.24, 2.45) is 0 Å². The smallest absolute Gasteiger partial charge is 0.290 e. The van der Waals surface area contributed by atoms with Crippen molar-refractivity contribution in [2.45, 2.75) is 39.7 Å². The Bertz CT molecular complexity index is 422. The van der Waals surface area contributed by atoms with E-state index in [1.807, 2.05) is 13.8 Å². The van der Waals surface area contributed by atoms with Gasteiger partial charge in [-0.1, -0.05) is 0 Å². The van der Waals surface area contributed by atoms with Gasteiger partial charge in [0.2, 0.25) is 0 Å². The summed E-state index contributed by atoms with van der Waals surface area (Å²) in [6, 6.07) is 3.11. The van der Waals surface area contributed by atoms with Crippen LogP contribution in [-0.4, -0.2) is 29.2 Å². The average Bonchev–Trinajstić information content (AvgIpc) is 2.32. The highest BCUT2D eigenvalue weighted by molar-refractivity contribution is 5.44. The highest BCUT2D eigenvalue weighted by Crippen LogP contribution is 2.17. The van der Waals surface area contributed by atoms with Crippen LogP contribution < -0.4 is 5.32 Å². The number of nitro groups is 1. The van der Waals surface area contributed by atoms with Gasteiger partial charge in [-0.25, -0.2) is 4.98 Å². The second-order valence-electron chi connectivity index (χ2n) is 4.61. The van der Waals surface area contributed by atoms with E-state index in [2.05, 4.69) is 10.3 Å². The van der Waals surface area contributed by atoms with E-state index in [1.54, 1.807) is 13.0 Å². The summed E-state index contributed by atoms with van der Waals surface area (Å²) in [5.41, 5.74) is 0.481. The van der Waals surface area contributed by atoms with E-state index in [0.29, 0.717) is 11.5 Å². The molecule has 0 amide bonds. The zero-order valence-corrected chi connectivity index (χ0v) is 11.7. The summed E-state index contributed by atoms with van der Waals surface area (Å²) in [6.45, 7) is 7.21. The second kappa shape index (κ2) is 7.68. The fraction of sp³-hybridized carbons (Fsp3) is 0.615. The van der Waals surface area contributed by atoms with E-state index in [-0.39, 0.29) is 11.8 Å². The number of nitrogens with one attached hydrogen (secondary N) is 1. The molecule has 0 aliphatic rings. The molecule has 1 heterocycles. The Hall–Kier alpha value is -1.69. The lowest BCUT2D eigenvalue weighted by Gasteiger charge is -2.08. The standard InChI is InChI=1S/C13H21N3O3/c1-10(2)19-9-5-4-8-14-13-7-6-12(16(17)18)11(3)15-13/h6-7,10H,4-5,8-9H2,1-3H3,(H,14,15). The van der Waals surface area contributed by atoms with Gasteiger partial charge in [-0.3, -0.25) is 10.1 Å². The SMILES string of the molecule is Cc1nc(NCCCCOC(C)C)ccc1[N+](=O)[O-].